The number of urea groups is 1. The molecule has 0 atom stereocenters. The van der Waals surface area contributed by atoms with E-state index in [1.807, 2.05) is 42.5 Å². The molecule has 0 radical (unpaired) electrons. The van der Waals surface area contributed by atoms with Crippen LogP contribution >= 0.6 is 0 Å². The minimum Gasteiger partial charge on any atom is -0.303 e. The van der Waals surface area contributed by atoms with Gasteiger partial charge in [0.05, 0.1) is 0 Å². The van der Waals surface area contributed by atoms with Gasteiger partial charge in [-0.25, -0.2) is 4.79 Å². The summed E-state index contributed by atoms with van der Waals surface area (Å²) < 4.78 is 0. The number of carbonyl (C=O) groups is 2. The Bertz CT molecular complexity index is 684. The Hall–Kier alpha value is -2.62. The van der Waals surface area contributed by atoms with Gasteiger partial charge in [0.2, 0.25) is 0 Å². The summed E-state index contributed by atoms with van der Waals surface area (Å²) in [5.74, 6) is -0.395. The molecule has 3 amide bonds. The fraction of sp³-hybridized carbons (Fsp3) is 0. The van der Waals surface area contributed by atoms with Crippen LogP contribution in [0.1, 0.15) is 5.56 Å². The molecule has 0 aliphatic carbocycles. The lowest BCUT2D eigenvalue weighted by Crippen LogP contribution is -2.22. The molecule has 2 aromatic carbocycles. The maximum Gasteiger partial charge on any atom is 0.326 e. The van der Waals surface area contributed by atoms with Crippen molar-refractivity contribution in [2.24, 2.45) is 0 Å². The molecule has 18 heavy (non-hydrogen) atoms. The molecular formula is C14H10N2O2. The first kappa shape index (κ1) is 10.5. The van der Waals surface area contributed by atoms with Crippen LogP contribution < -0.4 is 10.6 Å². The van der Waals surface area contributed by atoms with E-state index in [-0.39, 0.29) is 5.70 Å². The number of rotatable bonds is 1. The number of hydrogen-bond acceptors (Lipinski definition) is 2. The molecule has 3 rings (SSSR count). The first-order valence-corrected chi connectivity index (χ1v) is 5.56. The van der Waals surface area contributed by atoms with Crippen LogP contribution in [0.15, 0.2) is 48.2 Å². The Labute approximate surface area is 103 Å². The first-order valence-electron chi connectivity index (χ1n) is 5.56. The predicted molar refractivity (Wildman–Crippen MR) is 68.6 cm³/mol. The lowest BCUT2D eigenvalue weighted by atomic mass is 10.0. The van der Waals surface area contributed by atoms with Gasteiger partial charge in [-0.1, -0.05) is 42.5 Å². The lowest BCUT2D eigenvalue weighted by Gasteiger charge is -2.02. The number of imide groups is 1. The van der Waals surface area contributed by atoms with Gasteiger partial charge in [0, 0.05) is 0 Å². The molecule has 0 bridgehead atoms. The largest absolute Gasteiger partial charge is 0.326 e. The van der Waals surface area contributed by atoms with Gasteiger partial charge in [0.15, 0.2) is 0 Å². The number of fused-ring (bicyclic) bond motifs is 1. The van der Waals surface area contributed by atoms with E-state index in [1.54, 1.807) is 6.08 Å². The van der Waals surface area contributed by atoms with E-state index in [2.05, 4.69) is 10.6 Å². The summed E-state index contributed by atoms with van der Waals surface area (Å²) in [7, 11) is 0. The van der Waals surface area contributed by atoms with Crippen LogP contribution in [0.2, 0.25) is 0 Å². The van der Waals surface area contributed by atoms with Crippen molar-refractivity contribution in [1.82, 2.24) is 10.6 Å². The quantitative estimate of drug-likeness (QED) is 0.590. The zero-order valence-electron chi connectivity index (χ0n) is 9.44. The fourth-order valence-corrected chi connectivity index (χ4v) is 2.01. The Morgan fingerprint density at radius 3 is 2.44 bits per heavy atom. The SMILES string of the molecule is O=C1NC(=O)/C(=C\c2cccc3ccccc23)N1. The van der Waals surface area contributed by atoms with E-state index in [4.69, 9.17) is 0 Å². The summed E-state index contributed by atoms with van der Waals surface area (Å²) in [5.41, 5.74) is 1.18. The van der Waals surface area contributed by atoms with Gasteiger partial charge >= 0.3 is 6.03 Å². The van der Waals surface area contributed by atoms with Crippen molar-refractivity contribution in [2.45, 2.75) is 0 Å². The minimum absolute atomic E-state index is 0.274. The van der Waals surface area contributed by atoms with Gasteiger partial charge in [0.1, 0.15) is 5.70 Å². The highest BCUT2D eigenvalue weighted by molar-refractivity contribution is 6.14. The van der Waals surface area contributed by atoms with E-state index in [9.17, 15) is 9.59 Å². The molecule has 88 valence electrons. The molecule has 0 spiro atoms. The zero-order valence-corrected chi connectivity index (χ0v) is 9.44. The molecule has 2 aromatic rings. The van der Waals surface area contributed by atoms with E-state index in [0.29, 0.717) is 0 Å². The third kappa shape index (κ3) is 1.73. The highest BCUT2D eigenvalue weighted by Gasteiger charge is 2.22. The molecule has 4 nitrogen and oxygen atoms in total. The number of benzene rings is 2. The summed E-state index contributed by atoms with van der Waals surface area (Å²) in [6, 6.07) is 13.2. The van der Waals surface area contributed by atoms with Gasteiger partial charge in [-0.2, -0.15) is 0 Å². The van der Waals surface area contributed by atoms with Crippen molar-refractivity contribution in [3.63, 3.8) is 0 Å². The average molecular weight is 238 g/mol. The maximum atomic E-state index is 11.5. The second kappa shape index (κ2) is 4.00. The molecule has 0 aromatic heterocycles. The monoisotopic (exact) mass is 238 g/mol. The van der Waals surface area contributed by atoms with Crippen LogP contribution in [0.5, 0.6) is 0 Å². The summed E-state index contributed by atoms with van der Waals surface area (Å²) in [6.07, 6.45) is 1.68. The van der Waals surface area contributed by atoms with Gasteiger partial charge < -0.3 is 5.32 Å². The Balaban J connectivity index is 2.13. The van der Waals surface area contributed by atoms with E-state index in [0.717, 1.165) is 16.3 Å². The number of carbonyl (C=O) groups excluding carboxylic acids is 2. The van der Waals surface area contributed by atoms with Crippen LogP contribution in [-0.2, 0) is 4.79 Å². The Morgan fingerprint density at radius 1 is 0.889 bits per heavy atom. The van der Waals surface area contributed by atoms with E-state index >= 15 is 0 Å². The number of amides is 3. The Kier molecular flexibility index (Phi) is 2.34. The molecule has 1 aliphatic rings. The molecule has 4 heteroatoms. The second-order valence-corrected chi connectivity index (χ2v) is 4.03. The number of hydrogen-bond donors (Lipinski definition) is 2. The molecule has 1 fully saturated rings. The normalized spacial score (nSPS) is 17.0. The van der Waals surface area contributed by atoms with Gasteiger partial charge in [-0.05, 0) is 22.4 Å². The molecule has 1 heterocycles. The van der Waals surface area contributed by atoms with Gasteiger partial charge in [-0.15, -0.1) is 0 Å². The van der Waals surface area contributed by atoms with Crippen molar-refractivity contribution in [3.8, 4) is 0 Å². The van der Waals surface area contributed by atoms with Crippen LogP contribution in [0, 0.1) is 0 Å². The van der Waals surface area contributed by atoms with E-state index in [1.165, 1.54) is 0 Å². The van der Waals surface area contributed by atoms with Crippen molar-refractivity contribution in [1.29, 1.82) is 0 Å². The highest BCUT2D eigenvalue weighted by atomic mass is 16.2. The molecule has 0 unspecified atom stereocenters. The van der Waals surface area contributed by atoms with Crippen molar-refractivity contribution in [3.05, 3.63) is 53.7 Å². The van der Waals surface area contributed by atoms with Crippen molar-refractivity contribution < 1.29 is 9.59 Å². The van der Waals surface area contributed by atoms with Crippen molar-refractivity contribution >= 4 is 28.8 Å². The molecule has 0 saturated carbocycles. The van der Waals surface area contributed by atoms with E-state index < -0.39 is 11.9 Å². The van der Waals surface area contributed by atoms with Crippen molar-refractivity contribution in [2.75, 3.05) is 0 Å². The average Bonchev–Trinajstić information content (AvgIpc) is 2.68. The summed E-state index contributed by atoms with van der Waals surface area (Å²) in [6.45, 7) is 0. The lowest BCUT2D eigenvalue weighted by molar-refractivity contribution is -0.115. The van der Waals surface area contributed by atoms with Crippen LogP contribution in [-0.4, -0.2) is 11.9 Å². The van der Waals surface area contributed by atoms with Crippen LogP contribution in [0.25, 0.3) is 16.8 Å². The zero-order chi connectivity index (χ0) is 12.5. The Morgan fingerprint density at radius 2 is 1.67 bits per heavy atom. The standard InChI is InChI=1S/C14H10N2O2/c17-13-12(15-14(18)16-13)8-10-6-3-5-9-4-1-2-7-11(9)10/h1-8H,(H2,15,16,17,18)/b12-8+. The molecule has 2 N–H and O–H groups in total. The summed E-state index contributed by atoms with van der Waals surface area (Å²) >= 11 is 0. The fourth-order valence-electron chi connectivity index (χ4n) is 2.01. The second-order valence-electron chi connectivity index (χ2n) is 4.03. The molecule has 1 aliphatic heterocycles. The number of nitrogens with one attached hydrogen (secondary N) is 2. The van der Waals surface area contributed by atoms with Gasteiger partial charge in [0.25, 0.3) is 5.91 Å². The van der Waals surface area contributed by atoms with Crippen LogP contribution in [0.4, 0.5) is 4.79 Å². The predicted octanol–water partition coefficient (Wildman–Crippen LogP) is 2.02. The third-order valence-electron chi connectivity index (χ3n) is 2.84. The molecular weight excluding hydrogens is 228 g/mol. The highest BCUT2D eigenvalue weighted by Crippen LogP contribution is 2.20. The minimum atomic E-state index is -0.480. The third-order valence-corrected chi connectivity index (χ3v) is 2.84. The maximum absolute atomic E-state index is 11.5. The summed E-state index contributed by atoms with van der Waals surface area (Å²) in [4.78, 5) is 22.5. The smallest absolute Gasteiger partial charge is 0.303 e. The first-order chi connectivity index (χ1) is 8.74. The topological polar surface area (TPSA) is 58.2 Å². The van der Waals surface area contributed by atoms with Crippen LogP contribution in [0.3, 0.4) is 0 Å². The molecule has 1 saturated heterocycles. The van der Waals surface area contributed by atoms with Gasteiger partial charge in [-0.3, -0.25) is 10.1 Å². The summed E-state index contributed by atoms with van der Waals surface area (Å²) in [5, 5.41) is 6.79.